The highest BCUT2D eigenvalue weighted by Crippen LogP contribution is 2.70. The number of nitro groups is 1. The molecule has 1 fully saturated rings. The van der Waals surface area contributed by atoms with Crippen molar-refractivity contribution in [3.8, 4) is 5.75 Å². The number of carbonyl (C=O) groups is 5. The summed E-state index contributed by atoms with van der Waals surface area (Å²) in [6.45, 7) is -1.31. The molecule has 4 aromatic rings. The first-order chi connectivity index (χ1) is 23.0. The van der Waals surface area contributed by atoms with E-state index in [-0.39, 0.29) is 22.6 Å². The van der Waals surface area contributed by atoms with Crippen molar-refractivity contribution >= 4 is 67.1 Å². The van der Waals surface area contributed by atoms with Gasteiger partial charge in [-0.15, -0.1) is 0 Å². The zero-order valence-electron chi connectivity index (χ0n) is 24.6. The van der Waals surface area contributed by atoms with Gasteiger partial charge in [-0.1, -0.05) is 80.4 Å². The maximum Gasteiger partial charge on any atom is 0.343 e. The largest absolute Gasteiger partial charge is 0.456 e. The normalized spacial score (nSPS) is 23.2. The van der Waals surface area contributed by atoms with E-state index in [2.05, 4.69) is 31.9 Å². The highest BCUT2D eigenvalue weighted by Gasteiger charge is 2.72. The minimum atomic E-state index is -0.996. The average molecular weight is 774 g/mol. The molecule has 2 bridgehead atoms. The maximum absolute atomic E-state index is 14.0. The summed E-state index contributed by atoms with van der Waals surface area (Å²) in [4.78, 5) is 77.2. The molecule has 13 heteroatoms. The number of amides is 2. The molecule has 1 saturated heterocycles. The van der Waals surface area contributed by atoms with Gasteiger partial charge in [0.2, 0.25) is 11.8 Å². The van der Waals surface area contributed by atoms with E-state index >= 15 is 0 Å². The van der Waals surface area contributed by atoms with Crippen molar-refractivity contribution in [3.05, 3.63) is 141 Å². The van der Waals surface area contributed by atoms with E-state index in [1.165, 1.54) is 48.5 Å². The van der Waals surface area contributed by atoms with Crippen LogP contribution in [-0.4, -0.2) is 52.5 Å². The quantitative estimate of drug-likeness (QED) is 0.0434. The molecular formula is C35H22Br2N2O9. The molecule has 2 amide bonds. The number of ketones is 1. The Bertz CT molecular complexity index is 1940. The fourth-order valence-electron chi connectivity index (χ4n) is 6.88. The van der Waals surface area contributed by atoms with Crippen molar-refractivity contribution in [2.24, 2.45) is 11.8 Å². The number of ether oxygens (including phenoxy) is 2. The van der Waals surface area contributed by atoms with Crippen LogP contribution >= 0.6 is 31.9 Å². The lowest BCUT2D eigenvalue weighted by molar-refractivity contribution is -0.384. The Balaban J connectivity index is 1.01. The second-order valence-corrected chi connectivity index (χ2v) is 14.0. The van der Waals surface area contributed by atoms with E-state index < -0.39 is 68.1 Å². The third-order valence-electron chi connectivity index (χ3n) is 9.03. The van der Waals surface area contributed by atoms with Crippen LogP contribution in [0.3, 0.4) is 0 Å². The molecule has 2 atom stereocenters. The molecule has 2 unspecified atom stereocenters. The number of esters is 2. The lowest BCUT2D eigenvalue weighted by atomic mass is 9.54. The van der Waals surface area contributed by atoms with Crippen LogP contribution in [0.25, 0.3) is 0 Å². The number of hydrogen-bond acceptors (Lipinski definition) is 9. The lowest BCUT2D eigenvalue weighted by Crippen LogP contribution is -2.56. The van der Waals surface area contributed by atoms with Gasteiger partial charge in [0.05, 0.1) is 31.0 Å². The lowest BCUT2D eigenvalue weighted by Gasteiger charge is -2.55. The highest BCUT2D eigenvalue weighted by atomic mass is 79.9. The summed E-state index contributed by atoms with van der Waals surface area (Å²) >= 11 is 7.81. The molecule has 48 heavy (non-hydrogen) atoms. The van der Waals surface area contributed by atoms with Gasteiger partial charge in [0, 0.05) is 17.7 Å². The smallest absolute Gasteiger partial charge is 0.343 e. The molecule has 4 aromatic carbocycles. The summed E-state index contributed by atoms with van der Waals surface area (Å²) in [5.41, 5.74) is 3.55. The number of non-ortho nitro benzene ring substituents is 1. The minimum Gasteiger partial charge on any atom is -0.456 e. The summed E-state index contributed by atoms with van der Waals surface area (Å²) in [5.74, 6) is -4.82. The molecule has 0 radical (unpaired) electrons. The van der Waals surface area contributed by atoms with Gasteiger partial charge >= 0.3 is 11.9 Å². The minimum absolute atomic E-state index is 0.0983. The number of nitrogens with zero attached hydrogens (tertiary/aromatic N) is 2. The first kappa shape index (κ1) is 31.6. The van der Waals surface area contributed by atoms with Crippen LogP contribution in [0.2, 0.25) is 0 Å². The molecule has 4 aliphatic rings. The fourth-order valence-corrected chi connectivity index (χ4v) is 9.18. The fraction of sp³-hybridized carbons (Fsp3) is 0.171. The molecule has 11 nitrogen and oxygen atoms in total. The Hall–Kier alpha value is -5.01. The number of Topliss-reactive ketones (excluding diaryl/α,β-unsaturated/α-hetero) is 1. The Morgan fingerprint density at radius 1 is 0.729 bits per heavy atom. The van der Waals surface area contributed by atoms with Crippen molar-refractivity contribution in [1.82, 2.24) is 4.90 Å². The van der Waals surface area contributed by atoms with E-state index in [0.29, 0.717) is 0 Å². The second-order valence-electron chi connectivity index (χ2n) is 11.5. The first-order valence-corrected chi connectivity index (χ1v) is 16.2. The third kappa shape index (κ3) is 4.71. The summed E-state index contributed by atoms with van der Waals surface area (Å²) in [6, 6.07) is 25.6. The van der Waals surface area contributed by atoms with Gasteiger partial charge in [0.25, 0.3) is 5.69 Å². The molecule has 1 heterocycles. The number of benzene rings is 4. The average Bonchev–Trinajstić information content (AvgIpc) is 3.36. The number of imide groups is 1. The summed E-state index contributed by atoms with van der Waals surface area (Å²) in [5, 5.41) is 10.8. The number of alkyl halides is 2. The highest BCUT2D eigenvalue weighted by molar-refractivity contribution is 9.10. The van der Waals surface area contributed by atoms with Crippen molar-refractivity contribution in [2.45, 2.75) is 8.65 Å². The van der Waals surface area contributed by atoms with Gasteiger partial charge in [-0.3, -0.25) is 34.2 Å². The van der Waals surface area contributed by atoms with Crippen molar-refractivity contribution < 1.29 is 38.4 Å². The van der Waals surface area contributed by atoms with Gasteiger partial charge in [-0.05, 0) is 58.7 Å². The second kappa shape index (κ2) is 11.6. The summed E-state index contributed by atoms with van der Waals surface area (Å²) in [6.07, 6.45) is 0. The van der Waals surface area contributed by atoms with Crippen molar-refractivity contribution in [2.75, 3.05) is 13.2 Å². The molecule has 0 N–H and O–H groups in total. The van der Waals surface area contributed by atoms with Gasteiger partial charge in [-0.2, -0.15) is 0 Å². The molecule has 0 saturated carbocycles. The Morgan fingerprint density at radius 3 is 1.65 bits per heavy atom. The van der Waals surface area contributed by atoms with Gasteiger partial charge < -0.3 is 9.47 Å². The van der Waals surface area contributed by atoms with E-state index in [0.717, 1.165) is 27.2 Å². The van der Waals surface area contributed by atoms with Crippen LogP contribution in [0.1, 0.15) is 43.0 Å². The molecule has 8 rings (SSSR count). The number of rotatable bonds is 8. The molecule has 3 aliphatic carbocycles. The monoisotopic (exact) mass is 772 g/mol. The van der Waals surface area contributed by atoms with E-state index in [9.17, 15) is 34.1 Å². The zero-order valence-corrected chi connectivity index (χ0v) is 27.8. The number of carbonyl (C=O) groups excluding carboxylic acids is 5. The molecule has 1 aliphatic heterocycles. The standard InChI is InChI=1S/C35H22Br2N2O9/c36-34-23-5-1-2-6-24(23)35(37,26-8-4-3-7-25(26)34)30-29(34)31(42)38(32(30)43)17-28(41)47-18-27(40)19-11-15-22(16-12-19)48-33(44)20-9-13-21(14-10-20)39(45)46/h1-16,29-30H,17-18H2. The van der Waals surface area contributed by atoms with Crippen LogP contribution in [0, 0.1) is 22.0 Å². The summed E-state index contributed by atoms with van der Waals surface area (Å²) in [7, 11) is 0. The predicted molar refractivity (Wildman–Crippen MR) is 176 cm³/mol. The van der Waals surface area contributed by atoms with E-state index in [1.807, 2.05) is 48.5 Å². The van der Waals surface area contributed by atoms with Gasteiger partial charge in [0.1, 0.15) is 12.3 Å². The van der Waals surface area contributed by atoms with Crippen molar-refractivity contribution in [1.29, 1.82) is 0 Å². The van der Waals surface area contributed by atoms with Crippen LogP contribution in [0.5, 0.6) is 5.75 Å². The Morgan fingerprint density at radius 2 is 1.19 bits per heavy atom. The number of likely N-dealkylation sites (tertiary alicyclic amines) is 1. The van der Waals surface area contributed by atoms with Gasteiger partial charge in [0.15, 0.2) is 12.4 Å². The molecule has 0 aromatic heterocycles. The SMILES string of the molecule is O=C(CN1C(=O)C2C(C1=O)C1(Br)c3ccccc3C2(Br)c2ccccc21)OCC(=O)c1ccc(OC(=O)c2ccc([N+](=O)[O-])cc2)cc1. The number of hydrogen-bond donors (Lipinski definition) is 0. The van der Waals surface area contributed by atoms with Crippen LogP contribution in [-0.2, 0) is 27.8 Å². The zero-order chi connectivity index (χ0) is 34.0. The number of halogens is 2. The Labute approximate surface area is 289 Å². The van der Waals surface area contributed by atoms with Crippen LogP contribution < -0.4 is 4.74 Å². The molecule has 240 valence electrons. The van der Waals surface area contributed by atoms with E-state index in [4.69, 9.17) is 9.47 Å². The van der Waals surface area contributed by atoms with Crippen molar-refractivity contribution in [3.63, 3.8) is 0 Å². The topological polar surface area (TPSA) is 150 Å². The third-order valence-corrected chi connectivity index (χ3v) is 11.7. The Kier molecular flexibility index (Phi) is 7.63. The van der Waals surface area contributed by atoms with E-state index in [1.54, 1.807) is 0 Å². The predicted octanol–water partition coefficient (Wildman–Crippen LogP) is 5.45. The van der Waals surface area contributed by atoms with Crippen LogP contribution in [0.4, 0.5) is 5.69 Å². The first-order valence-electron chi connectivity index (χ1n) is 14.6. The van der Waals surface area contributed by atoms with Crippen LogP contribution in [0.15, 0.2) is 97.1 Å². The molecule has 0 spiro atoms. The maximum atomic E-state index is 14.0. The molecular weight excluding hydrogens is 752 g/mol. The number of nitro benzene ring substituents is 1. The summed E-state index contributed by atoms with van der Waals surface area (Å²) < 4.78 is 8.47. The van der Waals surface area contributed by atoms with Gasteiger partial charge in [-0.25, -0.2) is 4.79 Å².